The number of aromatic amines is 1. The molecule has 0 aliphatic carbocycles. The average Bonchev–Trinajstić information content (AvgIpc) is 2.70. The Morgan fingerprint density at radius 3 is 2.62 bits per heavy atom. The van der Waals surface area contributed by atoms with Gasteiger partial charge in [-0.3, -0.25) is 4.90 Å². The number of hydrogen-bond acceptors (Lipinski definition) is 2. The van der Waals surface area contributed by atoms with E-state index in [1.54, 1.807) is 0 Å². The van der Waals surface area contributed by atoms with E-state index in [4.69, 9.17) is 5.73 Å². The van der Waals surface area contributed by atoms with Crippen LogP contribution in [0.5, 0.6) is 0 Å². The van der Waals surface area contributed by atoms with Crippen LogP contribution in [0, 0.1) is 11.8 Å². The van der Waals surface area contributed by atoms with E-state index in [2.05, 4.69) is 35.9 Å². The van der Waals surface area contributed by atoms with Crippen molar-refractivity contribution in [1.29, 1.82) is 0 Å². The summed E-state index contributed by atoms with van der Waals surface area (Å²) in [6.45, 7) is 7.71. The van der Waals surface area contributed by atoms with E-state index in [1.165, 1.54) is 25.2 Å². The number of rotatable bonds is 3. The Kier molecular flexibility index (Phi) is 3.66. The van der Waals surface area contributed by atoms with Crippen LogP contribution in [-0.4, -0.2) is 29.5 Å². The first-order valence-corrected chi connectivity index (χ1v) is 6.28. The van der Waals surface area contributed by atoms with Gasteiger partial charge in [0.15, 0.2) is 0 Å². The molecular formula is C13H23N3. The Balaban J connectivity index is 2.09. The first kappa shape index (κ1) is 11.7. The Bertz CT molecular complexity index is 297. The Hall–Kier alpha value is -0.800. The van der Waals surface area contributed by atoms with Gasteiger partial charge in [0, 0.05) is 31.5 Å². The topological polar surface area (TPSA) is 45.0 Å². The van der Waals surface area contributed by atoms with Gasteiger partial charge < -0.3 is 10.7 Å². The Labute approximate surface area is 98.0 Å². The fraction of sp³-hybridized carbons (Fsp3) is 0.692. The van der Waals surface area contributed by atoms with E-state index in [0.29, 0.717) is 12.6 Å². The molecule has 0 saturated carbocycles. The molecule has 90 valence electrons. The van der Waals surface area contributed by atoms with E-state index in [0.717, 1.165) is 11.8 Å². The Morgan fingerprint density at radius 1 is 1.44 bits per heavy atom. The highest BCUT2D eigenvalue weighted by molar-refractivity contribution is 5.10. The summed E-state index contributed by atoms with van der Waals surface area (Å²) >= 11 is 0. The number of nitrogens with two attached hydrogens (primary N) is 1. The molecule has 0 radical (unpaired) electrons. The maximum atomic E-state index is 5.92. The summed E-state index contributed by atoms with van der Waals surface area (Å²) in [6, 6.07) is 4.55. The molecular weight excluding hydrogens is 198 g/mol. The van der Waals surface area contributed by atoms with Gasteiger partial charge in [0.25, 0.3) is 0 Å². The van der Waals surface area contributed by atoms with E-state index in [-0.39, 0.29) is 0 Å². The van der Waals surface area contributed by atoms with Crippen molar-refractivity contribution >= 4 is 0 Å². The first-order chi connectivity index (χ1) is 7.70. The summed E-state index contributed by atoms with van der Waals surface area (Å²) in [4.78, 5) is 5.83. The second-order valence-electron chi connectivity index (χ2n) is 5.28. The number of hydrogen-bond donors (Lipinski definition) is 2. The van der Waals surface area contributed by atoms with Crippen molar-refractivity contribution in [3.05, 3.63) is 24.0 Å². The molecule has 2 rings (SSSR count). The van der Waals surface area contributed by atoms with Gasteiger partial charge in [-0.25, -0.2) is 0 Å². The molecule has 0 aromatic carbocycles. The van der Waals surface area contributed by atoms with Crippen molar-refractivity contribution in [2.24, 2.45) is 17.6 Å². The third-order valence-corrected chi connectivity index (χ3v) is 3.54. The minimum Gasteiger partial charge on any atom is -0.364 e. The van der Waals surface area contributed by atoms with Crippen LogP contribution in [0.1, 0.15) is 32.0 Å². The van der Waals surface area contributed by atoms with Crippen molar-refractivity contribution in [3.8, 4) is 0 Å². The number of piperidine rings is 1. The van der Waals surface area contributed by atoms with Gasteiger partial charge in [0.05, 0.1) is 6.04 Å². The quantitative estimate of drug-likeness (QED) is 0.820. The van der Waals surface area contributed by atoms with E-state index >= 15 is 0 Å². The molecule has 1 aromatic heterocycles. The lowest BCUT2D eigenvalue weighted by Gasteiger charge is -2.39. The van der Waals surface area contributed by atoms with E-state index in [1.807, 2.05) is 6.20 Å². The predicted octanol–water partition coefficient (Wildman–Crippen LogP) is 1.99. The zero-order chi connectivity index (χ0) is 11.5. The number of nitrogens with zero attached hydrogens (tertiary/aromatic N) is 1. The fourth-order valence-electron chi connectivity index (χ4n) is 2.99. The molecule has 1 aliphatic heterocycles. The maximum Gasteiger partial charge on any atom is 0.0622 e. The Morgan fingerprint density at radius 2 is 2.12 bits per heavy atom. The van der Waals surface area contributed by atoms with E-state index < -0.39 is 0 Å². The third-order valence-electron chi connectivity index (χ3n) is 3.54. The highest BCUT2D eigenvalue weighted by Crippen LogP contribution is 2.27. The smallest absolute Gasteiger partial charge is 0.0622 e. The zero-order valence-corrected chi connectivity index (χ0v) is 10.3. The number of aromatic nitrogens is 1. The molecule has 16 heavy (non-hydrogen) atoms. The molecule has 3 N–H and O–H groups in total. The molecule has 3 atom stereocenters. The van der Waals surface area contributed by atoms with Crippen molar-refractivity contribution in [2.75, 3.05) is 19.6 Å². The highest BCUT2D eigenvalue weighted by atomic mass is 15.2. The number of likely N-dealkylation sites (tertiary alicyclic amines) is 1. The van der Waals surface area contributed by atoms with Crippen LogP contribution in [0.15, 0.2) is 18.3 Å². The van der Waals surface area contributed by atoms with Gasteiger partial charge in [-0.05, 0) is 30.4 Å². The molecule has 0 spiro atoms. The number of H-pyrrole nitrogens is 1. The molecule has 0 amide bonds. The van der Waals surface area contributed by atoms with Crippen LogP contribution in [0.3, 0.4) is 0 Å². The van der Waals surface area contributed by atoms with Gasteiger partial charge in [0.1, 0.15) is 0 Å². The highest BCUT2D eigenvalue weighted by Gasteiger charge is 2.27. The summed E-state index contributed by atoms with van der Waals surface area (Å²) in [5, 5.41) is 0. The minimum absolute atomic E-state index is 0.361. The predicted molar refractivity (Wildman–Crippen MR) is 67.1 cm³/mol. The standard InChI is InChI=1S/C13H23N3/c1-10-6-11(2)9-16(8-10)13(7-14)12-4-3-5-15-12/h3-5,10-11,13,15H,6-9,14H2,1-2H3. The van der Waals surface area contributed by atoms with Gasteiger partial charge in [-0.2, -0.15) is 0 Å². The van der Waals surface area contributed by atoms with Crippen molar-refractivity contribution in [2.45, 2.75) is 26.3 Å². The van der Waals surface area contributed by atoms with Gasteiger partial charge in [-0.15, -0.1) is 0 Å². The largest absolute Gasteiger partial charge is 0.364 e. The molecule has 3 unspecified atom stereocenters. The molecule has 1 saturated heterocycles. The van der Waals surface area contributed by atoms with Crippen LogP contribution >= 0.6 is 0 Å². The summed E-state index contributed by atoms with van der Waals surface area (Å²) in [5.41, 5.74) is 7.18. The zero-order valence-electron chi connectivity index (χ0n) is 10.3. The van der Waals surface area contributed by atoms with Crippen molar-refractivity contribution in [1.82, 2.24) is 9.88 Å². The molecule has 1 aliphatic rings. The molecule has 1 fully saturated rings. The van der Waals surface area contributed by atoms with Gasteiger partial charge in [-0.1, -0.05) is 13.8 Å². The molecule has 0 bridgehead atoms. The summed E-state index contributed by atoms with van der Waals surface area (Å²) in [6.07, 6.45) is 3.33. The lowest BCUT2D eigenvalue weighted by atomic mass is 9.90. The molecule has 2 heterocycles. The number of nitrogens with one attached hydrogen (secondary N) is 1. The summed E-state index contributed by atoms with van der Waals surface area (Å²) in [7, 11) is 0. The lowest BCUT2D eigenvalue weighted by Crippen LogP contribution is -2.43. The minimum atomic E-state index is 0.361. The molecule has 1 aromatic rings. The third kappa shape index (κ3) is 2.47. The molecule has 3 heteroatoms. The second kappa shape index (κ2) is 5.02. The SMILES string of the molecule is CC1CC(C)CN(C(CN)c2ccc[nH]2)C1. The van der Waals surface area contributed by atoms with Crippen LogP contribution < -0.4 is 5.73 Å². The summed E-state index contributed by atoms with van der Waals surface area (Å²) in [5.74, 6) is 1.57. The van der Waals surface area contributed by atoms with Gasteiger partial charge >= 0.3 is 0 Å². The van der Waals surface area contributed by atoms with Crippen LogP contribution in [-0.2, 0) is 0 Å². The maximum absolute atomic E-state index is 5.92. The van der Waals surface area contributed by atoms with E-state index in [9.17, 15) is 0 Å². The summed E-state index contributed by atoms with van der Waals surface area (Å²) < 4.78 is 0. The van der Waals surface area contributed by atoms with Crippen LogP contribution in [0.2, 0.25) is 0 Å². The second-order valence-corrected chi connectivity index (χ2v) is 5.28. The average molecular weight is 221 g/mol. The first-order valence-electron chi connectivity index (χ1n) is 6.28. The van der Waals surface area contributed by atoms with Crippen molar-refractivity contribution < 1.29 is 0 Å². The van der Waals surface area contributed by atoms with Crippen molar-refractivity contribution in [3.63, 3.8) is 0 Å². The fourth-order valence-corrected chi connectivity index (χ4v) is 2.99. The van der Waals surface area contributed by atoms with Crippen LogP contribution in [0.25, 0.3) is 0 Å². The lowest BCUT2D eigenvalue weighted by molar-refractivity contribution is 0.0968. The normalized spacial score (nSPS) is 29.2. The monoisotopic (exact) mass is 221 g/mol. The molecule has 3 nitrogen and oxygen atoms in total. The van der Waals surface area contributed by atoms with Gasteiger partial charge in [0.2, 0.25) is 0 Å². The van der Waals surface area contributed by atoms with Crippen LogP contribution in [0.4, 0.5) is 0 Å².